The summed E-state index contributed by atoms with van der Waals surface area (Å²) in [6.07, 6.45) is -5.64. The Bertz CT molecular complexity index is 1240. The number of alkyl halides is 3. The summed E-state index contributed by atoms with van der Waals surface area (Å²) < 4.78 is 39.9. The zero-order chi connectivity index (χ0) is 24.7. The van der Waals surface area contributed by atoms with Crippen molar-refractivity contribution < 1.29 is 22.8 Å². The van der Waals surface area contributed by atoms with Crippen LogP contribution in [0.3, 0.4) is 0 Å². The van der Waals surface area contributed by atoms with Crippen LogP contribution in [0.5, 0.6) is 0 Å². The first kappa shape index (κ1) is 22.9. The van der Waals surface area contributed by atoms with E-state index < -0.39 is 23.9 Å². The summed E-state index contributed by atoms with van der Waals surface area (Å²) >= 11 is 0. The molecule has 0 radical (unpaired) electrons. The molecule has 3 heterocycles. The fourth-order valence-corrected chi connectivity index (χ4v) is 4.24. The molecule has 2 saturated heterocycles. The van der Waals surface area contributed by atoms with Crippen LogP contribution in [0.4, 0.5) is 24.7 Å². The molecule has 3 aromatic rings. The van der Waals surface area contributed by atoms with E-state index in [9.17, 15) is 22.8 Å². The molecular formula is C23H22F3N7O2. The van der Waals surface area contributed by atoms with Crippen LogP contribution in [0.25, 0.3) is 0 Å². The maximum absolute atomic E-state index is 12.9. The van der Waals surface area contributed by atoms with E-state index in [0.717, 1.165) is 30.0 Å². The van der Waals surface area contributed by atoms with Crippen LogP contribution in [-0.4, -0.2) is 34.3 Å². The first-order valence-corrected chi connectivity index (χ1v) is 10.9. The van der Waals surface area contributed by atoms with Gasteiger partial charge in [-0.1, -0.05) is 18.2 Å². The van der Waals surface area contributed by atoms with Crippen LogP contribution in [0.15, 0.2) is 60.7 Å². The number of hydrogen-bond acceptors (Lipinski definition) is 6. The highest BCUT2D eigenvalue weighted by atomic mass is 19.4. The van der Waals surface area contributed by atoms with Crippen LogP contribution in [0.2, 0.25) is 0 Å². The van der Waals surface area contributed by atoms with Crippen molar-refractivity contribution in [1.29, 1.82) is 0 Å². The fraction of sp³-hybridized carbons (Fsp3) is 0.261. The van der Waals surface area contributed by atoms with Gasteiger partial charge in [0, 0.05) is 18.2 Å². The van der Waals surface area contributed by atoms with E-state index in [0.29, 0.717) is 12.2 Å². The van der Waals surface area contributed by atoms with Crippen molar-refractivity contribution in [2.24, 2.45) is 5.92 Å². The monoisotopic (exact) mass is 485 g/mol. The highest BCUT2D eigenvalue weighted by Gasteiger charge is 2.45. The molecule has 0 spiro atoms. The number of rotatable bonds is 4. The molecule has 12 heteroatoms. The summed E-state index contributed by atoms with van der Waals surface area (Å²) in [6, 6.07) is 15.1. The standard InChI is InChI=1S/C23H22F3N7O2/c1-13-11-18(28-20(34)14-7-9-15(10-8-14)23(24,25)26)33(31-13)22-29-19-17(21(35)30-22)12-27-32(19)16-5-3-2-4-6-16/h2-11,17,19,22,27,29H,12H2,1H3,(H,28,34)(H,30,35). The number of halogens is 3. The Balaban J connectivity index is 1.37. The Hall–Kier alpha value is -3.90. The topological polar surface area (TPSA) is 103 Å². The van der Waals surface area contributed by atoms with Crippen molar-refractivity contribution in [2.75, 3.05) is 16.9 Å². The Morgan fingerprint density at radius 2 is 1.83 bits per heavy atom. The summed E-state index contributed by atoms with van der Waals surface area (Å²) in [7, 11) is 0. The smallest absolute Gasteiger partial charge is 0.321 e. The maximum Gasteiger partial charge on any atom is 0.416 e. The Morgan fingerprint density at radius 3 is 2.51 bits per heavy atom. The van der Waals surface area contributed by atoms with Gasteiger partial charge in [0.2, 0.25) is 5.91 Å². The summed E-state index contributed by atoms with van der Waals surface area (Å²) in [5.74, 6) is -0.861. The number of carbonyl (C=O) groups is 2. The van der Waals surface area contributed by atoms with E-state index in [1.807, 2.05) is 35.3 Å². The van der Waals surface area contributed by atoms with Gasteiger partial charge in [-0.05, 0) is 43.3 Å². The fourth-order valence-electron chi connectivity index (χ4n) is 4.24. The number of nitrogens with one attached hydrogen (secondary N) is 4. The van der Waals surface area contributed by atoms with Crippen molar-refractivity contribution in [3.8, 4) is 0 Å². The number of aromatic nitrogens is 2. The summed E-state index contributed by atoms with van der Waals surface area (Å²) in [5, 5.41) is 15.2. The molecular weight excluding hydrogens is 463 g/mol. The SMILES string of the molecule is Cc1cc(NC(=O)c2ccc(C(F)(F)F)cc2)n(C2NC(=O)C3CNN(c4ccccc4)C3N2)n1. The van der Waals surface area contributed by atoms with Gasteiger partial charge in [-0.25, -0.2) is 10.1 Å². The zero-order valence-electron chi connectivity index (χ0n) is 18.5. The molecule has 2 aromatic carbocycles. The largest absolute Gasteiger partial charge is 0.416 e. The second-order valence-corrected chi connectivity index (χ2v) is 8.34. The molecule has 2 fully saturated rings. The highest BCUT2D eigenvalue weighted by Crippen LogP contribution is 2.30. The van der Waals surface area contributed by atoms with E-state index in [1.54, 1.807) is 13.0 Å². The van der Waals surface area contributed by atoms with Gasteiger partial charge in [0.1, 0.15) is 12.0 Å². The highest BCUT2D eigenvalue weighted by molar-refractivity contribution is 6.03. The number of benzene rings is 2. The number of para-hydroxylation sites is 1. The molecule has 3 unspecified atom stereocenters. The van der Waals surface area contributed by atoms with Crippen molar-refractivity contribution in [3.63, 3.8) is 0 Å². The Kier molecular flexibility index (Phi) is 5.69. The van der Waals surface area contributed by atoms with Crippen molar-refractivity contribution in [3.05, 3.63) is 77.5 Å². The van der Waals surface area contributed by atoms with Gasteiger partial charge in [-0.3, -0.25) is 19.9 Å². The Morgan fingerprint density at radius 1 is 1.11 bits per heavy atom. The van der Waals surface area contributed by atoms with Crippen LogP contribution >= 0.6 is 0 Å². The number of hydrogen-bond donors (Lipinski definition) is 4. The van der Waals surface area contributed by atoms with E-state index in [4.69, 9.17) is 0 Å². The number of amides is 2. The molecule has 9 nitrogen and oxygen atoms in total. The second kappa shape index (κ2) is 8.71. The molecule has 182 valence electrons. The molecule has 2 aliphatic heterocycles. The lowest BCUT2D eigenvalue weighted by Crippen LogP contribution is -2.61. The molecule has 35 heavy (non-hydrogen) atoms. The summed E-state index contributed by atoms with van der Waals surface area (Å²) in [6.45, 7) is 2.17. The van der Waals surface area contributed by atoms with Crippen LogP contribution in [-0.2, 0) is 11.0 Å². The van der Waals surface area contributed by atoms with Gasteiger partial charge in [0.05, 0.1) is 22.9 Å². The number of hydrazine groups is 1. The molecule has 0 aliphatic carbocycles. The third kappa shape index (κ3) is 4.45. The maximum atomic E-state index is 12.9. The third-order valence-corrected chi connectivity index (χ3v) is 5.94. The number of anilines is 2. The lowest BCUT2D eigenvalue weighted by Gasteiger charge is -2.37. The molecule has 2 aliphatic rings. The van der Waals surface area contributed by atoms with E-state index in [-0.39, 0.29) is 29.4 Å². The normalized spacial score (nSPS) is 22.0. The minimum Gasteiger partial charge on any atom is -0.321 e. The molecule has 3 atom stereocenters. The summed E-state index contributed by atoms with van der Waals surface area (Å²) in [5.41, 5.74) is 3.91. The van der Waals surface area contributed by atoms with Gasteiger partial charge in [0.25, 0.3) is 5.91 Å². The van der Waals surface area contributed by atoms with E-state index in [1.165, 1.54) is 4.68 Å². The van der Waals surface area contributed by atoms with Crippen LogP contribution in [0.1, 0.15) is 27.9 Å². The first-order valence-electron chi connectivity index (χ1n) is 10.9. The first-order chi connectivity index (χ1) is 16.7. The average Bonchev–Trinajstić information content (AvgIpc) is 3.42. The molecule has 0 saturated carbocycles. The van der Waals surface area contributed by atoms with E-state index >= 15 is 0 Å². The van der Waals surface area contributed by atoms with Crippen molar-refractivity contribution >= 4 is 23.3 Å². The van der Waals surface area contributed by atoms with E-state index in [2.05, 4.69) is 26.5 Å². The molecule has 1 aromatic heterocycles. The molecule has 2 amide bonds. The van der Waals surface area contributed by atoms with Gasteiger partial charge >= 0.3 is 6.18 Å². The quantitative estimate of drug-likeness (QED) is 0.453. The lowest BCUT2D eigenvalue weighted by atomic mass is 10.0. The molecule has 4 N–H and O–H groups in total. The van der Waals surface area contributed by atoms with Gasteiger partial charge in [0.15, 0.2) is 6.29 Å². The predicted molar refractivity (Wildman–Crippen MR) is 121 cm³/mol. The number of carbonyl (C=O) groups excluding carboxylic acids is 2. The zero-order valence-corrected chi connectivity index (χ0v) is 18.5. The van der Waals surface area contributed by atoms with Crippen LogP contribution < -0.4 is 26.4 Å². The third-order valence-electron chi connectivity index (χ3n) is 5.94. The van der Waals surface area contributed by atoms with Gasteiger partial charge < -0.3 is 10.6 Å². The van der Waals surface area contributed by atoms with Gasteiger partial charge in [-0.15, -0.1) is 0 Å². The van der Waals surface area contributed by atoms with Crippen molar-refractivity contribution in [1.82, 2.24) is 25.8 Å². The van der Waals surface area contributed by atoms with Crippen molar-refractivity contribution in [2.45, 2.75) is 25.6 Å². The predicted octanol–water partition coefficient (Wildman–Crippen LogP) is 2.61. The number of aryl methyl sites for hydroxylation is 1. The lowest BCUT2D eigenvalue weighted by molar-refractivity contribution is -0.137. The second-order valence-electron chi connectivity index (χ2n) is 8.34. The number of nitrogens with zero attached hydrogens (tertiary/aromatic N) is 3. The average molecular weight is 485 g/mol. The molecule has 5 rings (SSSR count). The Labute approximate surface area is 198 Å². The summed E-state index contributed by atoms with van der Waals surface area (Å²) in [4.78, 5) is 25.6. The minimum absolute atomic E-state index is 0.0550. The minimum atomic E-state index is -4.49. The molecule has 0 bridgehead atoms. The van der Waals surface area contributed by atoms with Gasteiger partial charge in [-0.2, -0.15) is 18.3 Å². The number of fused-ring (bicyclic) bond motifs is 1. The van der Waals surface area contributed by atoms with Crippen LogP contribution in [0, 0.1) is 12.8 Å².